The Hall–Kier alpha value is -1.52. The topological polar surface area (TPSA) is 55.1 Å². The molecule has 1 heterocycles. The van der Waals surface area contributed by atoms with E-state index in [2.05, 4.69) is 5.10 Å². The van der Waals surface area contributed by atoms with E-state index in [9.17, 15) is 4.79 Å². The maximum Gasteiger partial charge on any atom is 0.303 e. The Balaban J connectivity index is 1.77. The predicted molar refractivity (Wildman–Crippen MR) is 90.7 cm³/mol. The molecule has 0 bridgehead atoms. The molecule has 23 heavy (non-hydrogen) atoms. The summed E-state index contributed by atoms with van der Waals surface area (Å²) in [7, 11) is 0. The molecule has 0 saturated carbocycles. The molecule has 1 atom stereocenters. The van der Waals surface area contributed by atoms with Gasteiger partial charge >= 0.3 is 5.97 Å². The third kappa shape index (κ3) is 3.54. The molecule has 0 saturated heterocycles. The van der Waals surface area contributed by atoms with Gasteiger partial charge in [0, 0.05) is 12.3 Å². The van der Waals surface area contributed by atoms with Crippen LogP contribution < -0.4 is 0 Å². The first-order chi connectivity index (χ1) is 11.1. The average Bonchev–Trinajstić information content (AvgIpc) is 3.09. The molecule has 0 amide bonds. The van der Waals surface area contributed by atoms with E-state index in [-0.39, 0.29) is 6.42 Å². The van der Waals surface area contributed by atoms with Gasteiger partial charge in [-0.05, 0) is 49.4 Å². The average molecular weight is 353 g/mol. The first kappa shape index (κ1) is 16.3. The van der Waals surface area contributed by atoms with Crippen LogP contribution in [0.15, 0.2) is 24.4 Å². The molecule has 1 unspecified atom stereocenters. The van der Waals surface area contributed by atoms with Gasteiger partial charge in [-0.3, -0.25) is 4.79 Å². The summed E-state index contributed by atoms with van der Waals surface area (Å²) >= 11 is 12.1. The van der Waals surface area contributed by atoms with Crippen molar-refractivity contribution in [1.82, 2.24) is 9.78 Å². The summed E-state index contributed by atoms with van der Waals surface area (Å²) in [6.45, 7) is 0. The molecule has 1 aromatic heterocycles. The molecule has 0 spiro atoms. The summed E-state index contributed by atoms with van der Waals surface area (Å²) in [5.74, 6) is -0.297. The van der Waals surface area contributed by atoms with Gasteiger partial charge in [0.25, 0.3) is 0 Å². The highest BCUT2D eigenvalue weighted by atomic mass is 35.5. The Labute approximate surface area is 145 Å². The third-order valence-electron chi connectivity index (χ3n) is 4.38. The van der Waals surface area contributed by atoms with Crippen molar-refractivity contribution < 1.29 is 9.90 Å². The Morgan fingerprint density at radius 2 is 2.13 bits per heavy atom. The van der Waals surface area contributed by atoms with E-state index in [1.807, 2.05) is 23.0 Å². The van der Waals surface area contributed by atoms with Crippen LogP contribution in [0.4, 0.5) is 0 Å². The summed E-state index contributed by atoms with van der Waals surface area (Å²) in [6.07, 6.45) is 6.93. The number of nitrogens with zero attached hydrogens (tertiary/aromatic N) is 2. The summed E-state index contributed by atoms with van der Waals surface area (Å²) in [5.41, 5.74) is 3.43. The number of rotatable bonds is 6. The standard InChI is InChI=1S/C17H18Cl2N2O2/c18-14-8-7-13(9-15(14)19)21-17-11(3-1-2-4-16(22)23)5-6-12(17)10-20-21/h7-11H,1-6H2,(H,22,23). The van der Waals surface area contributed by atoms with Crippen molar-refractivity contribution in [1.29, 1.82) is 0 Å². The fourth-order valence-corrected chi connectivity index (χ4v) is 3.55. The predicted octanol–water partition coefficient (Wildman–Crippen LogP) is 4.85. The lowest BCUT2D eigenvalue weighted by molar-refractivity contribution is -0.137. The van der Waals surface area contributed by atoms with Crippen molar-refractivity contribution >= 4 is 29.2 Å². The van der Waals surface area contributed by atoms with Gasteiger partial charge in [-0.25, -0.2) is 4.68 Å². The first-order valence-corrected chi connectivity index (χ1v) is 8.56. The number of carboxylic acids is 1. The number of benzene rings is 1. The van der Waals surface area contributed by atoms with Crippen molar-refractivity contribution in [3.8, 4) is 5.69 Å². The van der Waals surface area contributed by atoms with Crippen molar-refractivity contribution in [3.05, 3.63) is 45.7 Å². The van der Waals surface area contributed by atoms with Crippen LogP contribution in [0.1, 0.15) is 49.3 Å². The molecule has 122 valence electrons. The number of fused-ring (bicyclic) bond motifs is 1. The van der Waals surface area contributed by atoms with E-state index in [1.165, 1.54) is 11.3 Å². The fourth-order valence-electron chi connectivity index (χ4n) is 3.26. The van der Waals surface area contributed by atoms with Crippen LogP contribution in [-0.2, 0) is 11.2 Å². The maximum absolute atomic E-state index is 10.6. The largest absolute Gasteiger partial charge is 0.481 e. The number of aryl methyl sites for hydroxylation is 1. The molecular formula is C17H18Cl2N2O2. The smallest absolute Gasteiger partial charge is 0.303 e. The van der Waals surface area contributed by atoms with E-state index in [0.717, 1.165) is 37.8 Å². The van der Waals surface area contributed by atoms with Crippen molar-refractivity contribution in [2.24, 2.45) is 0 Å². The molecule has 3 rings (SSSR count). The van der Waals surface area contributed by atoms with Crippen LogP contribution >= 0.6 is 23.2 Å². The lowest BCUT2D eigenvalue weighted by Gasteiger charge is -2.14. The molecule has 1 aliphatic rings. The molecular weight excluding hydrogens is 335 g/mol. The van der Waals surface area contributed by atoms with E-state index in [1.54, 1.807) is 6.07 Å². The molecule has 6 heteroatoms. The second kappa shape index (κ2) is 6.93. The second-order valence-electron chi connectivity index (χ2n) is 5.94. The molecule has 1 N–H and O–H groups in total. The zero-order valence-corrected chi connectivity index (χ0v) is 14.1. The van der Waals surface area contributed by atoms with Crippen LogP contribution in [0.2, 0.25) is 10.0 Å². The van der Waals surface area contributed by atoms with Crippen LogP contribution in [-0.4, -0.2) is 20.9 Å². The van der Waals surface area contributed by atoms with Gasteiger partial charge in [0.15, 0.2) is 0 Å². The van der Waals surface area contributed by atoms with Gasteiger partial charge in [-0.15, -0.1) is 0 Å². The number of carbonyl (C=O) groups is 1. The highest BCUT2D eigenvalue weighted by Gasteiger charge is 2.27. The van der Waals surface area contributed by atoms with Crippen molar-refractivity contribution in [2.45, 2.75) is 44.4 Å². The number of halogens is 2. The normalized spacial score (nSPS) is 16.5. The zero-order valence-electron chi connectivity index (χ0n) is 12.6. The Morgan fingerprint density at radius 3 is 2.87 bits per heavy atom. The van der Waals surface area contributed by atoms with Crippen LogP contribution in [0, 0.1) is 0 Å². The van der Waals surface area contributed by atoms with Crippen LogP contribution in [0.5, 0.6) is 0 Å². The monoisotopic (exact) mass is 352 g/mol. The molecule has 1 aliphatic carbocycles. The lowest BCUT2D eigenvalue weighted by Crippen LogP contribution is -2.06. The van der Waals surface area contributed by atoms with Crippen molar-refractivity contribution in [2.75, 3.05) is 0 Å². The minimum absolute atomic E-state index is 0.242. The van der Waals surface area contributed by atoms with Gasteiger partial charge in [0.05, 0.1) is 27.6 Å². The van der Waals surface area contributed by atoms with Gasteiger partial charge in [-0.2, -0.15) is 5.10 Å². The zero-order chi connectivity index (χ0) is 16.4. The van der Waals surface area contributed by atoms with Gasteiger partial charge < -0.3 is 5.11 Å². The van der Waals surface area contributed by atoms with Gasteiger partial charge in [0.2, 0.25) is 0 Å². The summed E-state index contributed by atoms with van der Waals surface area (Å²) in [4.78, 5) is 10.6. The molecule has 0 radical (unpaired) electrons. The summed E-state index contributed by atoms with van der Waals surface area (Å²) < 4.78 is 1.95. The molecule has 0 fully saturated rings. The van der Waals surface area contributed by atoms with Gasteiger partial charge in [0.1, 0.15) is 0 Å². The second-order valence-corrected chi connectivity index (χ2v) is 6.75. The number of unbranched alkanes of at least 4 members (excludes halogenated alkanes) is 1. The first-order valence-electron chi connectivity index (χ1n) is 7.80. The number of hydrogen-bond donors (Lipinski definition) is 1. The number of aromatic nitrogens is 2. The molecule has 2 aromatic rings. The lowest BCUT2D eigenvalue weighted by atomic mass is 9.98. The van der Waals surface area contributed by atoms with Crippen molar-refractivity contribution in [3.63, 3.8) is 0 Å². The Kier molecular flexibility index (Phi) is 4.93. The van der Waals surface area contributed by atoms with E-state index in [0.29, 0.717) is 16.0 Å². The Bertz CT molecular complexity index is 727. The van der Waals surface area contributed by atoms with E-state index >= 15 is 0 Å². The highest BCUT2D eigenvalue weighted by Crippen LogP contribution is 2.38. The quantitative estimate of drug-likeness (QED) is 0.755. The number of aliphatic carboxylic acids is 1. The minimum atomic E-state index is -0.724. The van der Waals surface area contributed by atoms with E-state index in [4.69, 9.17) is 28.3 Å². The Morgan fingerprint density at radius 1 is 1.30 bits per heavy atom. The maximum atomic E-state index is 10.6. The SMILES string of the molecule is O=C(O)CCCCC1CCc2cnn(-c3ccc(Cl)c(Cl)c3)c21. The van der Waals surface area contributed by atoms with Crippen LogP contribution in [0.3, 0.4) is 0 Å². The van der Waals surface area contributed by atoms with Crippen LogP contribution in [0.25, 0.3) is 5.69 Å². The van der Waals surface area contributed by atoms with Gasteiger partial charge in [-0.1, -0.05) is 29.6 Å². The molecule has 4 nitrogen and oxygen atoms in total. The molecule has 1 aromatic carbocycles. The third-order valence-corrected chi connectivity index (χ3v) is 5.12. The summed E-state index contributed by atoms with van der Waals surface area (Å²) in [5, 5.41) is 14.3. The number of hydrogen-bond acceptors (Lipinski definition) is 2. The minimum Gasteiger partial charge on any atom is -0.481 e. The highest BCUT2D eigenvalue weighted by molar-refractivity contribution is 6.42. The number of carboxylic acid groups (broad SMARTS) is 1. The summed E-state index contributed by atoms with van der Waals surface area (Å²) in [6, 6.07) is 5.53. The molecule has 0 aliphatic heterocycles. The van der Waals surface area contributed by atoms with E-state index < -0.39 is 5.97 Å². The fraction of sp³-hybridized carbons (Fsp3) is 0.412.